The zero-order chi connectivity index (χ0) is 29.6. The number of nitrogens with one attached hydrogen (secondary N) is 1. The first-order valence-corrected chi connectivity index (χ1v) is 15.9. The molecule has 3 aromatic carbocycles. The molecule has 0 saturated heterocycles. The Morgan fingerprint density at radius 2 is 1.59 bits per heavy atom. The van der Waals surface area contributed by atoms with E-state index in [4.69, 9.17) is 23.2 Å². The minimum atomic E-state index is -4.16. The van der Waals surface area contributed by atoms with E-state index in [1.165, 1.54) is 29.2 Å². The van der Waals surface area contributed by atoms with Crippen LogP contribution >= 0.6 is 23.2 Å². The maximum absolute atomic E-state index is 14.0. The molecule has 1 aliphatic carbocycles. The van der Waals surface area contributed by atoms with Crippen LogP contribution in [-0.2, 0) is 26.2 Å². The topological polar surface area (TPSA) is 86.8 Å². The van der Waals surface area contributed by atoms with Gasteiger partial charge in [-0.3, -0.25) is 13.9 Å². The molecule has 0 spiro atoms. The molecule has 3 aromatic rings. The second-order valence-corrected chi connectivity index (χ2v) is 13.2. The van der Waals surface area contributed by atoms with Crippen molar-refractivity contribution in [1.82, 2.24) is 10.2 Å². The summed E-state index contributed by atoms with van der Waals surface area (Å²) in [5.41, 5.74) is 2.01. The summed E-state index contributed by atoms with van der Waals surface area (Å²) in [6, 6.07) is 19.0. The average molecular weight is 617 g/mol. The first-order chi connectivity index (χ1) is 19.5. The lowest BCUT2D eigenvalue weighted by molar-refractivity contribution is -0.139. The summed E-state index contributed by atoms with van der Waals surface area (Å²) in [4.78, 5) is 28.8. The fourth-order valence-electron chi connectivity index (χ4n) is 4.96. The van der Waals surface area contributed by atoms with Gasteiger partial charge in [-0.05, 0) is 80.8 Å². The number of halogens is 2. The highest BCUT2D eigenvalue weighted by atomic mass is 35.5. The van der Waals surface area contributed by atoms with Gasteiger partial charge >= 0.3 is 0 Å². The van der Waals surface area contributed by atoms with Crippen molar-refractivity contribution in [3.63, 3.8) is 0 Å². The molecule has 1 fully saturated rings. The number of carbonyl (C=O) groups is 2. The Bertz CT molecular complexity index is 1460. The van der Waals surface area contributed by atoms with Gasteiger partial charge in [-0.25, -0.2) is 8.42 Å². The number of rotatable bonds is 10. The van der Waals surface area contributed by atoms with Crippen LogP contribution in [0.5, 0.6) is 0 Å². The Morgan fingerprint density at radius 1 is 0.927 bits per heavy atom. The van der Waals surface area contributed by atoms with Crippen molar-refractivity contribution in [2.24, 2.45) is 0 Å². The number of benzene rings is 3. The molecule has 41 heavy (non-hydrogen) atoms. The van der Waals surface area contributed by atoms with Gasteiger partial charge in [-0.2, -0.15) is 0 Å². The zero-order valence-corrected chi connectivity index (χ0v) is 25.6. The van der Waals surface area contributed by atoms with E-state index in [9.17, 15) is 18.0 Å². The van der Waals surface area contributed by atoms with Gasteiger partial charge in [-0.15, -0.1) is 0 Å². The molecular weight excluding hydrogens is 581 g/mol. The van der Waals surface area contributed by atoms with Crippen LogP contribution in [0.25, 0.3) is 0 Å². The molecule has 4 rings (SSSR count). The van der Waals surface area contributed by atoms with Crippen molar-refractivity contribution in [1.29, 1.82) is 0 Å². The Labute approximate surface area is 252 Å². The highest BCUT2D eigenvalue weighted by molar-refractivity contribution is 7.92. The van der Waals surface area contributed by atoms with E-state index < -0.39 is 28.5 Å². The van der Waals surface area contributed by atoms with Crippen molar-refractivity contribution in [2.75, 3.05) is 10.8 Å². The molecule has 0 bridgehead atoms. The van der Waals surface area contributed by atoms with Crippen LogP contribution in [0.3, 0.4) is 0 Å². The Kier molecular flexibility index (Phi) is 10.3. The third kappa shape index (κ3) is 8.03. The van der Waals surface area contributed by atoms with Crippen molar-refractivity contribution >= 4 is 50.7 Å². The first kappa shape index (κ1) is 30.9. The van der Waals surface area contributed by atoms with Crippen LogP contribution in [0, 0.1) is 6.92 Å². The van der Waals surface area contributed by atoms with E-state index in [1.807, 2.05) is 13.0 Å². The third-order valence-corrected chi connectivity index (χ3v) is 9.64. The lowest BCUT2D eigenvalue weighted by atomic mass is 9.95. The van der Waals surface area contributed by atoms with Gasteiger partial charge in [0.15, 0.2) is 0 Å². The summed E-state index contributed by atoms with van der Waals surface area (Å²) in [6.45, 7) is 3.15. The Balaban J connectivity index is 1.67. The molecule has 0 unspecified atom stereocenters. The van der Waals surface area contributed by atoms with Crippen LogP contribution in [0.4, 0.5) is 5.69 Å². The Hall–Kier alpha value is -3.07. The first-order valence-electron chi connectivity index (χ1n) is 13.7. The quantitative estimate of drug-likeness (QED) is 0.287. The second-order valence-electron chi connectivity index (χ2n) is 10.5. The van der Waals surface area contributed by atoms with E-state index in [1.54, 1.807) is 49.4 Å². The molecule has 0 aliphatic heterocycles. The number of sulfonamides is 1. The summed E-state index contributed by atoms with van der Waals surface area (Å²) >= 11 is 12.2. The van der Waals surface area contributed by atoms with Gasteiger partial charge in [-0.1, -0.05) is 72.3 Å². The summed E-state index contributed by atoms with van der Waals surface area (Å²) < 4.78 is 28.8. The minimum absolute atomic E-state index is 0.000226. The van der Waals surface area contributed by atoms with Gasteiger partial charge < -0.3 is 10.2 Å². The lowest BCUT2D eigenvalue weighted by Gasteiger charge is -2.33. The predicted octanol–water partition coefficient (Wildman–Crippen LogP) is 6.36. The number of hydrogen-bond acceptors (Lipinski definition) is 4. The molecule has 0 heterocycles. The number of anilines is 1. The van der Waals surface area contributed by atoms with Crippen molar-refractivity contribution in [3.8, 4) is 0 Å². The normalized spacial score (nSPS) is 14.7. The van der Waals surface area contributed by atoms with E-state index in [-0.39, 0.29) is 23.4 Å². The molecule has 1 aliphatic rings. The number of aryl methyl sites for hydroxylation is 1. The van der Waals surface area contributed by atoms with E-state index in [2.05, 4.69) is 5.32 Å². The van der Waals surface area contributed by atoms with Gasteiger partial charge in [0.1, 0.15) is 12.6 Å². The molecule has 1 atom stereocenters. The fraction of sp³-hybridized carbons (Fsp3) is 0.355. The van der Waals surface area contributed by atoms with Crippen molar-refractivity contribution in [3.05, 3.63) is 94.0 Å². The van der Waals surface area contributed by atoms with Crippen LogP contribution in [-0.4, -0.2) is 43.8 Å². The molecule has 1 N–H and O–H groups in total. The van der Waals surface area contributed by atoms with Crippen LogP contribution in [0.15, 0.2) is 77.7 Å². The summed E-state index contributed by atoms with van der Waals surface area (Å²) in [5, 5.41) is 4.00. The van der Waals surface area contributed by atoms with Crippen molar-refractivity contribution in [2.45, 2.75) is 69.5 Å². The smallest absolute Gasteiger partial charge is 0.264 e. The summed E-state index contributed by atoms with van der Waals surface area (Å²) in [5.74, 6) is -0.788. The molecule has 1 saturated carbocycles. The standard InChI is InChI=1S/C31H35Cl2N3O4S/c1-22-11-15-28(16-12-22)36(41(39,40)29-17-13-25(32)14-18-29)21-30(37)35(20-24-7-6-8-26(33)19-24)23(2)31(38)34-27-9-4-3-5-10-27/h6-8,11-19,23,27H,3-5,9-10,20-21H2,1-2H3,(H,34,38)/t23-/m1/s1. The molecule has 10 heteroatoms. The van der Waals surface area contributed by atoms with E-state index in [0.29, 0.717) is 15.7 Å². The number of nitrogens with zero attached hydrogens (tertiary/aromatic N) is 2. The molecule has 2 amide bonds. The van der Waals surface area contributed by atoms with E-state index in [0.717, 1.165) is 47.5 Å². The molecule has 218 valence electrons. The van der Waals surface area contributed by atoms with Crippen LogP contribution in [0.1, 0.15) is 50.2 Å². The van der Waals surface area contributed by atoms with Gasteiger partial charge in [0.25, 0.3) is 10.0 Å². The van der Waals surface area contributed by atoms with Crippen LogP contribution < -0.4 is 9.62 Å². The third-order valence-electron chi connectivity index (χ3n) is 7.36. The summed E-state index contributed by atoms with van der Waals surface area (Å²) in [6.07, 6.45) is 5.07. The zero-order valence-electron chi connectivity index (χ0n) is 23.2. The second kappa shape index (κ2) is 13.7. The maximum atomic E-state index is 14.0. The summed E-state index contributed by atoms with van der Waals surface area (Å²) in [7, 11) is -4.16. The SMILES string of the molecule is Cc1ccc(N(CC(=O)N(Cc2cccc(Cl)c2)[C@H](C)C(=O)NC2CCCCC2)S(=O)(=O)c2ccc(Cl)cc2)cc1. The molecule has 7 nitrogen and oxygen atoms in total. The molecule has 0 aromatic heterocycles. The van der Waals surface area contributed by atoms with Gasteiger partial charge in [0, 0.05) is 22.6 Å². The van der Waals surface area contributed by atoms with Crippen LogP contribution in [0.2, 0.25) is 10.0 Å². The van der Waals surface area contributed by atoms with Crippen molar-refractivity contribution < 1.29 is 18.0 Å². The number of hydrogen-bond donors (Lipinski definition) is 1. The lowest BCUT2D eigenvalue weighted by Crippen LogP contribution is -2.53. The number of amides is 2. The highest BCUT2D eigenvalue weighted by Gasteiger charge is 2.33. The fourth-order valence-corrected chi connectivity index (χ4v) is 6.71. The molecular formula is C31H35Cl2N3O4S. The largest absolute Gasteiger partial charge is 0.352 e. The Morgan fingerprint density at radius 3 is 2.22 bits per heavy atom. The monoisotopic (exact) mass is 615 g/mol. The predicted molar refractivity (Wildman–Crippen MR) is 164 cm³/mol. The number of carbonyl (C=O) groups excluding carboxylic acids is 2. The van der Waals surface area contributed by atoms with Gasteiger partial charge in [0.05, 0.1) is 10.6 Å². The minimum Gasteiger partial charge on any atom is -0.352 e. The van der Waals surface area contributed by atoms with Gasteiger partial charge in [0.2, 0.25) is 11.8 Å². The van der Waals surface area contributed by atoms with E-state index >= 15 is 0 Å². The molecule has 0 radical (unpaired) electrons. The highest BCUT2D eigenvalue weighted by Crippen LogP contribution is 2.26. The average Bonchev–Trinajstić information content (AvgIpc) is 2.95. The maximum Gasteiger partial charge on any atom is 0.264 e.